The lowest BCUT2D eigenvalue weighted by Crippen LogP contribution is -2.53. The molecule has 0 aliphatic carbocycles. The van der Waals surface area contributed by atoms with E-state index in [1.165, 1.54) is 35.2 Å². The Morgan fingerprint density at radius 1 is 1.02 bits per heavy atom. The van der Waals surface area contributed by atoms with Crippen LogP contribution in [0.4, 0.5) is 15.8 Å². The van der Waals surface area contributed by atoms with Crippen LogP contribution in [0.2, 0.25) is 0 Å². The van der Waals surface area contributed by atoms with E-state index in [9.17, 15) is 32.5 Å². The lowest BCUT2D eigenvalue weighted by atomic mass is 10.0. The predicted octanol–water partition coefficient (Wildman–Crippen LogP) is 4.22. The van der Waals surface area contributed by atoms with Gasteiger partial charge in [-0.05, 0) is 30.0 Å². The number of nitro benzene ring substituents is 1. The Morgan fingerprint density at radius 2 is 1.67 bits per heavy atom. The molecule has 0 aliphatic rings. The Hall–Kier alpha value is -4.32. The number of carbonyl (C=O) groups excluding carboxylic acids is 2. The van der Waals surface area contributed by atoms with Crippen molar-refractivity contribution in [3.8, 4) is 0 Å². The molecule has 0 aromatic heterocycles. The molecule has 0 radical (unpaired) electrons. The highest BCUT2D eigenvalue weighted by molar-refractivity contribution is 7.92. The van der Waals surface area contributed by atoms with Gasteiger partial charge in [0.25, 0.3) is 5.69 Å². The number of hydrogen-bond donors (Lipinski definition) is 1. The summed E-state index contributed by atoms with van der Waals surface area (Å²) < 4.78 is 41.5. The molecule has 1 N–H and O–H groups in total. The van der Waals surface area contributed by atoms with Gasteiger partial charge in [-0.25, -0.2) is 12.8 Å². The van der Waals surface area contributed by atoms with Crippen LogP contribution in [0.3, 0.4) is 0 Å². The van der Waals surface area contributed by atoms with Crippen molar-refractivity contribution in [2.24, 2.45) is 5.92 Å². The molecule has 12 heteroatoms. The number of non-ortho nitro benzene ring substituents is 1. The molecule has 10 nitrogen and oxygen atoms in total. The summed E-state index contributed by atoms with van der Waals surface area (Å²) in [7, 11) is -4.13. The average molecular weight is 599 g/mol. The third-order valence-electron chi connectivity index (χ3n) is 6.61. The zero-order chi connectivity index (χ0) is 31.0. The first-order chi connectivity index (χ1) is 19.8. The van der Waals surface area contributed by atoms with Gasteiger partial charge in [-0.2, -0.15) is 0 Å². The number of carbonyl (C=O) groups is 2. The second-order valence-corrected chi connectivity index (χ2v) is 12.4. The van der Waals surface area contributed by atoms with Gasteiger partial charge in [0.1, 0.15) is 18.4 Å². The Bertz CT molecular complexity index is 1530. The van der Waals surface area contributed by atoms with Crippen LogP contribution in [0, 0.1) is 28.8 Å². The van der Waals surface area contributed by atoms with Crippen molar-refractivity contribution in [2.45, 2.75) is 39.8 Å². The van der Waals surface area contributed by atoms with Gasteiger partial charge in [-0.1, -0.05) is 68.4 Å². The molecule has 0 unspecified atom stereocenters. The summed E-state index contributed by atoms with van der Waals surface area (Å²) in [4.78, 5) is 39.6. The Balaban J connectivity index is 2.11. The van der Waals surface area contributed by atoms with E-state index in [-0.39, 0.29) is 35.8 Å². The first-order valence-electron chi connectivity index (χ1n) is 13.3. The molecule has 0 bridgehead atoms. The standard InChI is InChI=1S/C30H35FN4O6S/c1-21(2)18-32-30(37)28(16-23-10-6-5-7-11-23)33(19-24-12-8-9-13-26(24)31)29(36)20-34(42(4,40)41)27-17-25(35(38)39)15-14-22(27)3/h5-15,17,21,28H,16,18-20H2,1-4H3,(H,32,37)/t28-/m0/s1. The normalized spacial score (nSPS) is 12.0. The van der Waals surface area contributed by atoms with Crippen molar-refractivity contribution in [2.75, 3.05) is 23.7 Å². The summed E-state index contributed by atoms with van der Waals surface area (Å²) >= 11 is 0. The van der Waals surface area contributed by atoms with Gasteiger partial charge < -0.3 is 10.2 Å². The summed E-state index contributed by atoms with van der Waals surface area (Å²) in [6, 6.07) is 17.4. The number of hydrogen-bond acceptors (Lipinski definition) is 6. The van der Waals surface area contributed by atoms with Crippen molar-refractivity contribution < 1.29 is 27.3 Å². The van der Waals surface area contributed by atoms with E-state index < -0.39 is 45.2 Å². The SMILES string of the molecule is Cc1ccc([N+](=O)[O-])cc1N(CC(=O)N(Cc1ccccc1F)[C@@H](Cc1ccccc1)C(=O)NCC(C)C)S(C)(=O)=O. The fourth-order valence-corrected chi connectivity index (χ4v) is 5.26. The lowest BCUT2D eigenvalue weighted by Gasteiger charge is -2.34. The maximum Gasteiger partial charge on any atom is 0.271 e. The van der Waals surface area contributed by atoms with E-state index in [0.717, 1.165) is 22.2 Å². The van der Waals surface area contributed by atoms with E-state index in [0.29, 0.717) is 12.1 Å². The van der Waals surface area contributed by atoms with Crippen LogP contribution in [0.5, 0.6) is 0 Å². The molecular formula is C30H35FN4O6S. The van der Waals surface area contributed by atoms with Crippen LogP contribution < -0.4 is 9.62 Å². The molecular weight excluding hydrogens is 563 g/mol. The molecule has 0 spiro atoms. The van der Waals surface area contributed by atoms with Crippen molar-refractivity contribution in [3.05, 3.63) is 105 Å². The van der Waals surface area contributed by atoms with Gasteiger partial charge in [-0.3, -0.25) is 24.0 Å². The molecule has 224 valence electrons. The first-order valence-corrected chi connectivity index (χ1v) is 15.2. The number of aryl methyl sites for hydroxylation is 1. The average Bonchev–Trinajstić information content (AvgIpc) is 2.93. The zero-order valence-corrected chi connectivity index (χ0v) is 24.8. The fourth-order valence-electron chi connectivity index (χ4n) is 4.36. The second-order valence-electron chi connectivity index (χ2n) is 10.5. The van der Waals surface area contributed by atoms with E-state index in [1.54, 1.807) is 37.3 Å². The minimum atomic E-state index is -4.13. The molecule has 0 saturated carbocycles. The summed E-state index contributed by atoms with van der Waals surface area (Å²) in [6.45, 7) is 4.65. The monoisotopic (exact) mass is 598 g/mol. The lowest BCUT2D eigenvalue weighted by molar-refractivity contribution is -0.384. The molecule has 2 amide bonds. The van der Waals surface area contributed by atoms with Crippen LogP contribution in [0.15, 0.2) is 72.8 Å². The van der Waals surface area contributed by atoms with Crippen molar-refractivity contribution in [1.29, 1.82) is 0 Å². The van der Waals surface area contributed by atoms with Gasteiger partial charge in [0, 0.05) is 37.2 Å². The van der Waals surface area contributed by atoms with Crippen LogP contribution in [0.1, 0.15) is 30.5 Å². The van der Waals surface area contributed by atoms with Gasteiger partial charge in [0.05, 0.1) is 16.9 Å². The van der Waals surface area contributed by atoms with Crippen molar-refractivity contribution >= 4 is 33.2 Å². The fraction of sp³-hybridized carbons (Fsp3) is 0.333. The number of nitrogens with zero attached hydrogens (tertiary/aromatic N) is 3. The number of halogens is 1. The second kappa shape index (κ2) is 14.0. The molecule has 42 heavy (non-hydrogen) atoms. The number of amides is 2. The van der Waals surface area contributed by atoms with E-state index in [1.807, 2.05) is 19.9 Å². The van der Waals surface area contributed by atoms with E-state index in [2.05, 4.69) is 5.32 Å². The van der Waals surface area contributed by atoms with Crippen LogP contribution in [-0.2, 0) is 32.6 Å². The summed E-state index contributed by atoms with van der Waals surface area (Å²) in [5.74, 6) is -1.74. The summed E-state index contributed by atoms with van der Waals surface area (Å²) in [5, 5.41) is 14.3. The number of sulfonamides is 1. The number of anilines is 1. The summed E-state index contributed by atoms with van der Waals surface area (Å²) in [5.41, 5.74) is 0.862. The van der Waals surface area contributed by atoms with Gasteiger partial charge in [-0.15, -0.1) is 0 Å². The maximum atomic E-state index is 14.8. The number of nitro groups is 1. The molecule has 3 aromatic rings. The van der Waals surface area contributed by atoms with Crippen LogP contribution in [0.25, 0.3) is 0 Å². The van der Waals surface area contributed by atoms with Crippen LogP contribution in [-0.4, -0.2) is 55.4 Å². The topological polar surface area (TPSA) is 130 Å². The largest absolute Gasteiger partial charge is 0.354 e. The van der Waals surface area contributed by atoms with E-state index >= 15 is 0 Å². The third kappa shape index (κ3) is 8.59. The number of benzene rings is 3. The predicted molar refractivity (Wildman–Crippen MR) is 159 cm³/mol. The Labute approximate surface area is 245 Å². The zero-order valence-electron chi connectivity index (χ0n) is 24.0. The highest BCUT2D eigenvalue weighted by atomic mass is 32.2. The molecule has 0 aliphatic heterocycles. The molecule has 3 rings (SSSR count). The molecule has 0 heterocycles. The number of rotatable bonds is 13. The summed E-state index contributed by atoms with van der Waals surface area (Å²) in [6.07, 6.45) is 0.968. The third-order valence-corrected chi connectivity index (χ3v) is 7.73. The minimum absolute atomic E-state index is 0.0465. The van der Waals surface area contributed by atoms with E-state index in [4.69, 9.17) is 0 Å². The Morgan fingerprint density at radius 3 is 2.26 bits per heavy atom. The van der Waals surface area contributed by atoms with Crippen molar-refractivity contribution in [1.82, 2.24) is 10.2 Å². The van der Waals surface area contributed by atoms with Gasteiger partial charge in [0.2, 0.25) is 21.8 Å². The maximum absolute atomic E-state index is 14.8. The molecule has 0 fully saturated rings. The first kappa shape index (κ1) is 32.2. The quantitative estimate of drug-likeness (QED) is 0.232. The smallest absolute Gasteiger partial charge is 0.271 e. The minimum Gasteiger partial charge on any atom is -0.354 e. The van der Waals surface area contributed by atoms with Gasteiger partial charge in [0.15, 0.2) is 0 Å². The molecule has 3 aromatic carbocycles. The van der Waals surface area contributed by atoms with Crippen molar-refractivity contribution in [3.63, 3.8) is 0 Å². The molecule has 1 atom stereocenters. The van der Waals surface area contributed by atoms with Gasteiger partial charge >= 0.3 is 0 Å². The number of nitrogens with one attached hydrogen (secondary N) is 1. The Kier molecular flexibility index (Phi) is 10.8. The highest BCUT2D eigenvalue weighted by Crippen LogP contribution is 2.28. The molecule has 0 saturated heterocycles. The van der Waals surface area contributed by atoms with Crippen LogP contribution >= 0.6 is 0 Å². The highest BCUT2D eigenvalue weighted by Gasteiger charge is 2.34.